The number of hydrogen-bond donors (Lipinski definition) is 2. The summed E-state index contributed by atoms with van der Waals surface area (Å²) in [6.07, 6.45) is 0.206. The summed E-state index contributed by atoms with van der Waals surface area (Å²) >= 11 is 0. The highest BCUT2D eigenvalue weighted by Crippen LogP contribution is 2.21. The summed E-state index contributed by atoms with van der Waals surface area (Å²) in [4.78, 5) is -0.399. The summed E-state index contributed by atoms with van der Waals surface area (Å²) in [6.45, 7) is -0.181. The van der Waals surface area contributed by atoms with Crippen molar-refractivity contribution in [2.45, 2.75) is 17.4 Å². The van der Waals surface area contributed by atoms with E-state index in [1.165, 1.54) is 18.2 Å². The second-order valence-corrected chi connectivity index (χ2v) is 6.21. The van der Waals surface area contributed by atoms with Crippen molar-refractivity contribution in [1.82, 2.24) is 4.72 Å². The molecule has 0 aliphatic carbocycles. The fraction of sp³-hybridized carbons (Fsp3) is 0.200. The van der Waals surface area contributed by atoms with Gasteiger partial charge in [-0.1, -0.05) is 42.5 Å². The van der Waals surface area contributed by atoms with E-state index in [0.29, 0.717) is 5.56 Å². The number of hydrogen-bond acceptors (Lipinski definition) is 3. The number of sulfonamides is 1. The van der Waals surface area contributed by atoms with Crippen LogP contribution in [0.25, 0.3) is 0 Å². The number of aliphatic hydroxyl groups excluding tert-OH is 1. The Morgan fingerprint density at radius 2 is 1.67 bits per heavy atom. The van der Waals surface area contributed by atoms with Crippen molar-refractivity contribution < 1.29 is 17.9 Å². The Balaban J connectivity index is 2.30. The number of halogens is 1. The lowest BCUT2D eigenvalue weighted by Gasteiger charge is -2.18. The van der Waals surface area contributed by atoms with Crippen molar-refractivity contribution >= 4 is 10.0 Å². The van der Waals surface area contributed by atoms with E-state index in [1.54, 1.807) is 24.3 Å². The molecule has 21 heavy (non-hydrogen) atoms. The van der Waals surface area contributed by atoms with Gasteiger partial charge in [0, 0.05) is 12.6 Å². The van der Waals surface area contributed by atoms with E-state index in [2.05, 4.69) is 4.72 Å². The van der Waals surface area contributed by atoms with Crippen LogP contribution in [-0.4, -0.2) is 20.1 Å². The fourth-order valence-electron chi connectivity index (χ4n) is 2.02. The van der Waals surface area contributed by atoms with Crippen molar-refractivity contribution in [3.05, 3.63) is 66.0 Å². The van der Waals surface area contributed by atoms with E-state index >= 15 is 0 Å². The Labute approximate surface area is 123 Å². The van der Waals surface area contributed by atoms with Crippen molar-refractivity contribution in [2.75, 3.05) is 6.61 Å². The van der Waals surface area contributed by atoms with Crippen LogP contribution in [0, 0.1) is 5.82 Å². The van der Waals surface area contributed by atoms with Crippen LogP contribution in [0.1, 0.15) is 18.0 Å². The molecule has 112 valence electrons. The summed E-state index contributed by atoms with van der Waals surface area (Å²) < 4.78 is 40.7. The first-order chi connectivity index (χ1) is 10.0. The normalized spacial score (nSPS) is 13.0. The molecule has 0 spiro atoms. The molecule has 0 aliphatic heterocycles. The predicted molar refractivity (Wildman–Crippen MR) is 77.6 cm³/mol. The van der Waals surface area contributed by atoms with Gasteiger partial charge in [-0.15, -0.1) is 0 Å². The lowest BCUT2D eigenvalue weighted by atomic mass is 10.1. The Bertz CT molecular complexity index is 689. The first kappa shape index (κ1) is 15.6. The summed E-state index contributed by atoms with van der Waals surface area (Å²) in [5, 5.41) is 9.11. The van der Waals surface area contributed by atoms with E-state index in [9.17, 15) is 12.8 Å². The molecule has 0 aliphatic rings. The fourth-order valence-corrected chi connectivity index (χ4v) is 3.36. The minimum Gasteiger partial charge on any atom is -0.396 e. The third-order valence-electron chi connectivity index (χ3n) is 3.04. The monoisotopic (exact) mass is 309 g/mol. The molecule has 0 bridgehead atoms. The van der Waals surface area contributed by atoms with E-state index in [0.717, 1.165) is 6.07 Å². The zero-order valence-corrected chi connectivity index (χ0v) is 12.1. The molecule has 0 amide bonds. The number of benzene rings is 2. The Hall–Kier alpha value is -1.76. The van der Waals surface area contributed by atoms with Crippen LogP contribution in [0.5, 0.6) is 0 Å². The first-order valence-corrected chi connectivity index (χ1v) is 7.95. The third kappa shape index (κ3) is 3.87. The SMILES string of the molecule is O=S(=O)(N[C@H](CCO)c1ccccc1)c1ccccc1F. The van der Waals surface area contributed by atoms with Crippen LogP contribution in [0.15, 0.2) is 59.5 Å². The second-order valence-electron chi connectivity index (χ2n) is 4.53. The summed E-state index contributed by atoms with van der Waals surface area (Å²) in [7, 11) is -4.00. The maximum Gasteiger partial charge on any atom is 0.244 e. The molecule has 0 saturated carbocycles. The number of aliphatic hydroxyl groups is 1. The van der Waals surface area contributed by atoms with Gasteiger partial charge in [-0.3, -0.25) is 0 Å². The molecule has 1 atom stereocenters. The summed E-state index contributed by atoms with van der Waals surface area (Å²) in [5.41, 5.74) is 0.714. The molecule has 2 aromatic carbocycles. The van der Waals surface area contributed by atoms with Gasteiger partial charge in [0.2, 0.25) is 10.0 Å². The van der Waals surface area contributed by atoms with E-state index in [1.807, 2.05) is 6.07 Å². The molecule has 0 fully saturated rings. The van der Waals surface area contributed by atoms with E-state index in [4.69, 9.17) is 5.11 Å². The maximum absolute atomic E-state index is 13.7. The maximum atomic E-state index is 13.7. The zero-order valence-electron chi connectivity index (χ0n) is 11.2. The Morgan fingerprint density at radius 1 is 1.05 bits per heavy atom. The van der Waals surface area contributed by atoms with Gasteiger partial charge in [0.25, 0.3) is 0 Å². The van der Waals surface area contributed by atoms with E-state index in [-0.39, 0.29) is 13.0 Å². The largest absolute Gasteiger partial charge is 0.396 e. The van der Waals surface area contributed by atoms with Gasteiger partial charge in [0.1, 0.15) is 10.7 Å². The Kier molecular flexibility index (Phi) is 5.06. The van der Waals surface area contributed by atoms with Gasteiger partial charge in [0.15, 0.2) is 0 Å². The van der Waals surface area contributed by atoms with Gasteiger partial charge in [0.05, 0.1) is 0 Å². The molecular weight excluding hydrogens is 293 g/mol. The van der Waals surface area contributed by atoms with Crippen LogP contribution in [0.4, 0.5) is 4.39 Å². The van der Waals surface area contributed by atoms with Crippen molar-refractivity contribution in [2.24, 2.45) is 0 Å². The second kappa shape index (κ2) is 6.80. The molecule has 0 radical (unpaired) electrons. The molecule has 0 aromatic heterocycles. The van der Waals surface area contributed by atoms with Crippen LogP contribution in [0.2, 0.25) is 0 Å². The minimum atomic E-state index is -4.00. The molecule has 0 saturated heterocycles. The molecule has 0 unspecified atom stereocenters. The van der Waals surface area contributed by atoms with Crippen molar-refractivity contribution in [1.29, 1.82) is 0 Å². The topological polar surface area (TPSA) is 66.4 Å². The van der Waals surface area contributed by atoms with Gasteiger partial charge in [-0.25, -0.2) is 17.5 Å². The molecule has 2 aromatic rings. The Morgan fingerprint density at radius 3 is 2.29 bits per heavy atom. The quantitative estimate of drug-likeness (QED) is 0.860. The van der Waals surface area contributed by atoms with E-state index < -0.39 is 26.8 Å². The average Bonchev–Trinajstić information content (AvgIpc) is 2.48. The average molecular weight is 309 g/mol. The highest BCUT2D eigenvalue weighted by Gasteiger charge is 2.23. The first-order valence-electron chi connectivity index (χ1n) is 6.47. The smallest absolute Gasteiger partial charge is 0.244 e. The number of rotatable bonds is 6. The van der Waals surface area contributed by atoms with Crippen LogP contribution in [0.3, 0.4) is 0 Å². The highest BCUT2D eigenvalue weighted by atomic mass is 32.2. The molecule has 2 rings (SSSR count). The van der Waals surface area contributed by atoms with Gasteiger partial charge < -0.3 is 5.11 Å². The van der Waals surface area contributed by atoms with Crippen LogP contribution >= 0.6 is 0 Å². The molecule has 6 heteroatoms. The molecule has 0 heterocycles. The summed E-state index contributed by atoms with van der Waals surface area (Å²) in [5.74, 6) is -0.805. The highest BCUT2D eigenvalue weighted by molar-refractivity contribution is 7.89. The third-order valence-corrected chi connectivity index (χ3v) is 4.55. The van der Waals surface area contributed by atoms with Crippen molar-refractivity contribution in [3.63, 3.8) is 0 Å². The lowest BCUT2D eigenvalue weighted by molar-refractivity contribution is 0.272. The minimum absolute atomic E-state index is 0.181. The summed E-state index contributed by atoms with van der Waals surface area (Å²) in [6, 6.07) is 13.4. The lowest BCUT2D eigenvalue weighted by Crippen LogP contribution is -2.30. The standard InChI is InChI=1S/C15H16FNO3S/c16-13-8-4-5-9-15(13)21(19,20)17-14(10-11-18)12-6-2-1-3-7-12/h1-9,14,17-18H,10-11H2/t14-/m1/s1. The van der Waals surface area contributed by atoms with Crippen molar-refractivity contribution in [3.8, 4) is 0 Å². The number of nitrogens with one attached hydrogen (secondary N) is 1. The van der Waals surface area contributed by atoms with Gasteiger partial charge in [-0.05, 0) is 24.1 Å². The molecular formula is C15H16FNO3S. The molecule has 4 nitrogen and oxygen atoms in total. The predicted octanol–water partition coefficient (Wildman–Crippen LogP) is 2.23. The van der Waals surface area contributed by atoms with Crippen LogP contribution < -0.4 is 4.72 Å². The molecule has 2 N–H and O–H groups in total. The van der Waals surface area contributed by atoms with Crippen LogP contribution in [-0.2, 0) is 10.0 Å². The zero-order chi connectivity index (χ0) is 15.3. The van der Waals surface area contributed by atoms with Gasteiger partial charge >= 0.3 is 0 Å². The van der Waals surface area contributed by atoms with Gasteiger partial charge in [-0.2, -0.15) is 0 Å².